The Morgan fingerprint density at radius 2 is 2.05 bits per heavy atom. The van der Waals surface area contributed by atoms with E-state index >= 15 is 0 Å². The number of aryl methyl sites for hydroxylation is 1. The fourth-order valence-electron chi connectivity index (χ4n) is 2.14. The lowest BCUT2D eigenvalue weighted by Crippen LogP contribution is -2.25. The normalized spacial score (nSPS) is 10.3. The van der Waals surface area contributed by atoms with Crippen molar-refractivity contribution in [2.45, 2.75) is 33.6 Å². The first kappa shape index (κ1) is 16.0. The van der Waals surface area contributed by atoms with Gasteiger partial charge in [0.25, 0.3) is 5.91 Å². The molecule has 0 saturated heterocycles. The van der Waals surface area contributed by atoms with Gasteiger partial charge in [-0.2, -0.15) is 0 Å². The lowest BCUT2D eigenvalue weighted by Gasteiger charge is -2.12. The third-order valence-electron chi connectivity index (χ3n) is 3.69. The number of carbonyl (C=O) groups excluding carboxylic acids is 1. The van der Waals surface area contributed by atoms with Gasteiger partial charge >= 0.3 is 0 Å². The number of pyridine rings is 1. The number of unbranched alkanes of at least 4 members (excludes halogenated alkanes) is 1. The predicted molar refractivity (Wildman–Crippen MR) is 90.7 cm³/mol. The maximum Gasteiger partial charge on any atom is 0.269 e. The Bertz CT molecular complexity index is 653. The van der Waals surface area contributed by atoms with Crippen LogP contribution in [0.15, 0.2) is 36.5 Å². The minimum Gasteiger partial charge on any atom is -0.355 e. The maximum atomic E-state index is 12.0. The van der Waals surface area contributed by atoms with Crippen LogP contribution in [-0.2, 0) is 0 Å². The first-order valence-electron chi connectivity index (χ1n) is 7.69. The van der Waals surface area contributed by atoms with E-state index in [9.17, 15) is 4.79 Å². The van der Waals surface area contributed by atoms with E-state index in [1.54, 1.807) is 12.3 Å². The monoisotopic (exact) mass is 297 g/mol. The first-order chi connectivity index (χ1) is 10.6. The Labute approximate surface area is 132 Å². The molecule has 2 aromatic rings. The lowest BCUT2D eigenvalue weighted by molar-refractivity contribution is 0.0948. The number of rotatable bonds is 6. The van der Waals surface area contributed by atoms with Gasteiger partial charge in [0.2, 0.25) is 0 Å². The van der Waals surface area contributed by atoms with E-state index in [1.807, 2.05) is 18.2 Å². The summed E-state index contributed by atoms with van der Waals surface area (Å²) in [7, 11) is 0. The van der Waals surface area contributed by atoms with Crippen LogP contribution in [0.1, 0.15) is 41.4 Å². The smallest absolute Gasteiger partial charge is 0.269 e. The van der Waals surface area contributed by atoms with E-state index in [-0.39, 0.29) is 5.91 Å². The fourth-order valence-corrected chi connectivity index (χ4v) is 2.14. The van der Waals surface area contributed by atoms with Crippen LogP contribution in [-0.4, -0.2) is 17.4 Å². The molecule has 2 N–H and O–H groups in total. The molecule has 0 aliphatic rings. The number of hydrogen-bond donors (Lipinski definition) is 2. The number of nitrogens with one attached hydrogen (secondary N) is 2. The van der Waals surface area contributed by atoms with Crippen LogP contribution in [0.2, 0.25) is 0 Å². The third-order valence-corrected chi connectivity index (χ3v) is 3.69. The minimum absolute atomic E-state index is 0.127. The summed E-state index contributed by atoms with van der Waals surface area (Å²) in [5.41, 5.74) is 4.78. The highest BCUT2D eigenvalue weighted by molar-refractivity contribution is 5.93. The summed E-state index contributed by atoms with van der Waals surface area (Å²) in [6.45, 7) is 6.95. The second-order valence-electron chi connectivity index (χ2n) is 5.41. The molecule has 0 unspecified atom stereocenters. The maximum absolute atomic E-state index is 12.0. The third kappa shape index (κ3) is 4.07. The van der Waals surface area contributed by atoms with Crippen LogP contribution in [0.3, 0.4) is 0 Å². The number of benzene rings is 1. The molecule has 22 heavy (non-hydrogen) atoms. The highest BCUT2D eigenvalue weighted by Crippen LogP contribution is 2.22. The molecule has 1 heterocycles. The zero-order valence-electron chi connectivity index (χ0n) is 13.4. The summed E-state index contributed by atoms with van der Waals surface area (Å²) in [4.78, 5) is 16.2. The van der Waals surface area contributed by atoms with E-state index in [4.69, 9.17) is 0 Å². The molecule has 116 valence electrons. The van der Waals surface area contributed by atoms with Crippen LogP contribution in [0.5, 0.6) is 0 Å². The zero-order valence-corrected chi connectivity index (χ0v) is 13.4. The Balaban J connectivity index is 2.11. The summed E-state index contributed by atoms with van der Waals surface area (Å²) >= 11 is 0. The summed E-state index contributed by atoms with van der Waals surface area (Å²) in [6.07, 6.45) is 3.69. The molecule has 0 aliphatic carbocycles. The van der Waals surface area contributed by atoms with Gasteiger partial charge in [-0.05, 0) is 49.6 Å². The van der Waals surface area contributed by atoms with Crippen LogP contribution >= 0.6 is 0 Å². The first-order valence-corrected chi connectivity index (χ1v) is 7.69. The molecule has 4 heteroatoms. The number of carbonyl (C=O) groups is 1. The van der Waals surface area contributed by atoms with Crippen molar-refractivity contribution in [3.63, 3.8) is 0 Å². The van der Waals surface area contributed by atoms with Gasteiger partial charge in [0, 0.05) is 24.1 Å². The molecule has 0 saturated carbocycles. The van der Waals surface area contributed by atoms with Crippen molar-refractivity contribution < 1.29 is 4.79 Å². The van der Waals surface area contributed by atoms with E-state index in [0.717, 1.165) is 24.2 Å². The van der Waals surface area contributed by atoms with Crippen LogP contribution < -0.4 is 10.6 Å². The van der Waals surface area contributed by atoms with E-state index in [0.29, 0.717) is 12.2 Å². The van der Waals surface area contributed by atoms with Gasteiger partial charge in [0.1, 0.15) is 5.69 Å². The average molecular weight is 297 g/mol. The van der Waals surface area contributed by atoms with Crippen molar-refractivity contribution in [1.29, 1.82) is 0 Å². The molecule has 0 atom stereocenters. The summed E-state index contributed by atoms with van der Waals surface area (Å²) < 4.78 is 0. The number of aromatic nitrogens is 1. The molecule has 0 bridgehead atoms. The topological polar surface area (TPSA) is 54.0 Å². The van der Waals surface area contributed by atoms with Crippen molar-refractivity contribution in [2.75, 3.05) is 11.9 Å². The van der Waals surface area contributed by atoms with Gasteiger partial charge in [-0.25, -0.2) is 0 Å². The molecular weight excluding hydrogens is 274 g/mol. The van der Waals surface area contributed by atoms with E-state index in [2.05, 4.69) is 42.5 Å². The SMILES string of the molecule is CCCCNC(=O)c1cc(Nc2cccc(C)c2C)ccn1. The number of anilines is 2. The van der Waals surface area contributed by atoms with Gasteiger partial charge in [0.05, 0.1) is 0 Å². The Kier molecular flexibility index (Phi) is 5.53. The summed E-state index contributed by atoms with van der Waals surface area (Å²) in [5.74, 6) is -0.127. The molecule has 0 spiro atoms. The van der Waals surface area contributed by atoms with Crippen LogP contribution in [0, 0.1) is 13.8 Å². The largest absolute Gasteiger partial charge is 0.355 e. The Morgan fingerprint density at radius 1 is 1.23 bits per heavy atom. The molecule has 2 rings (SSSR count). The Hall–Kier alpha value is -2.36. The standard InChI is InChI=1S/C18H23N3O/c1-4-5-10-20-18(22)17-12-15(9-11-19-17)21-16-8-6-7-13(2)14(16)3/h6-9,11-12H,4-5,10H2,1-3H3,(H,19,21)(H,20,22). The van der Waals surface area contributed by atoms with Gasteiger partial charge < -0.3 is 10.6 Å². The van der Waals surface area contributed by atoms with Crippen molar-refractivity contribution in [2.24, 2.45) is 0 Å². The average Bonchev–Trinajstić information content (AvgIpc) is 2.52. The zero-order chi connectivity index (χ0) is 15.9. The molecule has 0 radical (unpaired) electrons. The quantitative estimate of drug-likeness (QED) is 0.793. The summed E-state index contributed by atoms with van der Waals surface area (Å²) in [5, 5.41) is 6.24. The van der Waals surface area contributed by atoms with Gasteiger partial charge in [-0.15, -0.1) is 0 Å². The van der Waals surface area contributed by atoms with Crippen molar-refractivity contribution >= 4 is 17.3 Å². The number of amides is 1. The van der Waals surface area contributed by atoms with Gasteiger partial charge in [0.15, 0.2) is 0 Å². The van der Waals surface area contributed by atoms with E-state index < -0.39 is 0 Å². The molecule has 1 aromatic heterocycles. The highest BCUT2D eigenvalue weighted by Gasteiger charge is 2.08. The molecule has 1 amide bonds. The Morgan fingerprint density at radius 3 is 2.82 bits per heavy atom. The van der Waals surface area contributed by atoms with E-state index in [1.165, 1.54) is 11.1 Å². The minimum atomic E-state index is -0.127. The lowest BCUT2D eigenvalue weighted by atomic mass is 10.1. The van der Waals surface area contributed by atoms with Crippen molar-refractivity contribution in [3.8, 4) is 0 Å². The predicted octanol–water partition coefficient (Wildman–Crippen LogP) is 3.97. The van der Waals surface area contributed by atoms with Crippen LogP contribution in [0.4, 0.5) is 11.4 Å². The van der Waals surface area contributed by atoms with Gasteiger partial charge in [-0.1, -0.05) is 25.5 Å². The number of hydrogen-bond acceptors (Lipinski definition) is 3. The summed E-state index contributed by atoms with van der Waals surface area (Å²) in [6, 6.07) is 9.78. The number of nitrogens with zero attached hydrogens (tertiary/aromatic N) is 1. The van der Waals surface area contributed by atoms with Crippen molar-refractivity contribution in [1.82, 2.24) is 10.3 Å². The fraction of sp³-hybridized carbons (Fsp3) is 0.333. The highest BCUT2D eigenvalue weighted by atomic mass is 16.1. The van der Waals surface area contributed by atoms with Crippen LogP contribution in [0.25, 0.3) is 0 Å². The van der Waals surface area contributed by atoms with Crippen molar-refractivity contribution in [3.05, 3.63) is 53.3 Å². The molecular formula is C18H23N3O. The second-order valence-corrected chi connectivity index (χ2v) is 5.41. The second kappa shape index (κ2) is 7.59. The molecule has 0 fully saturated rings. The molecule has 0 aliphatic heterocycles. The van der Waals surface area contributed by atoms with Gasteiger partial charge in [-0.3, -0.25) is 9.78 Å². The molecule has 1 aromatic carbocycles. The molecule has 4 nitrogen and oxygen atoms in total.